The highest BCUT2D eigenvalue weighted by atomic mass is 16.2. The molecule has 1 aromatic rings. The molecule has 4 nitrogen and oxygen atoms in total. The molecule has 0 aliphatic carbocycles. The second-order valence-electron chi connectivity index (χ2n) is 4.26. The van der Waals surface area contributed by atoms with E-state index in [0.717, 1.165) is 12.0 Å². The van der Waals surface area contributed by atoms with E-state index in [9.17, 15) is 9.59 Å². The fourth-order valence-electron chi connectivity index (χ4n) is 1.57. The zero-order chi connectivity index (χ0) is 13.4. The molecular weight excluding hydrogens is 228 g/mol. The predicted octanol–water partition coefficient (Wildman–Crippen LogP) is 1.56. The summed E-state index contributed by atoms with van der Waals surface area (Å²) in [6.45, 7) is 2.56. The lowest BCUT2D eigenvalue weighted by atomic mass is 10.2. The van der Waals surface area contributed by atoms with E-state index in [4.69, 9.17) is 0 Å². The van der Waals surface area contributed by atoms with Crippen LogP contribution < -0.4 is 5.32 Å². The largest absolute Gasteiger partial charge is 0.347 e. The van der Waals surface area contributed by atoms with Crippen molar-refractivity contribution >= 4 is 11.8 Å². The lowest BCUT2D eigenvalue weighted by molar-refractivity contribution is -0.132. The molecule has 0 saturated carbocycles. The van der Waals surface area contributed by atoms with Crippen molar-refractivity contribution < 1.29 is 9.59 Å². The number of nitrogens with one attached hydrogen (secondary N) is 1. The van der Waals surface area contributed by atoms with Crippen molar-refractivity contribution in [1.29, 1.82) is 0 Å². The summed E-state index contributed by atoms with van der Waals surface area (Å²) in [6.07, 6.45) is 1.26. The van der Waals surface area contributed by atoms with Crippen molar-refractivity contribution in [2.24, 2.45) is 0 Å². The van der Waals surface area contributed by atoms with Gasteiger partial charge in [0.15, 0.2) is 0 Å². The minimum absolute atomic E-state index is 0.0704. The van der Waals surface area contributed by atoms with Crippen LogP contribution in [0, 0.1) is 0 Å². The van der Waals surface area contributed by atoms with Crippen LogP contribution >= 0.6 is 0 Å². The fraction of sp³-hybridized carbons (Fsp3) is 0.429. The zero-order valence-corrected chi connectivity index (χ0v) is 11.0. The first-order chi connectivity index (χ1) is 8.63. The van der Waals surface area contributed by atoms with Gasteiger partial charge in [-0.25, -0.2) is 0 Å². The molecule has 18 heavy (non-hydrogen) atoms. The first kappa shape index (κ1) is 14.2. The van der Waals surface area contributed by atoms with E-state index >= 15 is 0 Å². The van der Waals surface area contributed by atoms with Gasteiger partial charge in [0.2, 0.25) is 11.8 Å². The number of hydrogen-bond acceptors (Lipinski definition) is 2. The minimum atomic E-state index is -0.0803. The number of likely N-dealkylation sites (N-methyl/N-ethyl adjacent to an activating group) is 1. The van der Waals surface area contributed by atoms with Crippen LogP contribution in [0.3, 0.4) is 0 Å². The van der Waals surface area contributed by atoms with Crippen molar-refractivity contribution in [2.75, 3.05) is 13.6 Å². The molecule has 0 aliphatic heterocycles. The van der Waals surface area contributed by atoms with Crippen molar-refractivity contribution in [3.8, 4) is 0 Å². The first-order valence-corrected chi connectivity index (χ1v) is 6.18. The van der Waals surface area contributed by atoms with E-state index in [2.05, 4.69) is 5.32 Å². The summed E-state index contributed by atoms with van der Waals surface area (Å²) in [6, 6.07) is 9.77. The highest BCUT2D eigenvalue weighted by Gasteiger charge is 2.10. The number of carbonyl (C=O) groups excluding carboxylic acids is 2. The van der Waals surface area contributed by atoms with Crippen molar-refractivity contribution in [3.05, 3.63) is 35.9 Å². The van der Waals surface area contributed by atoms with Crippen LogP contribution in [0.1, 0.15) is 25.3 Å². The maximum atomic E-state index is 11.8. The summed E-state index contributed by atoms with van der Waals surface area (Å²) >= 11 is 0. The molecule has 0 aromatic heterocycles. The second-order valence-corrected chi connectivity index (χ2v) is 4.26. The van der Waals surface area contributed by atoms with Gasteiger partial charge in [-0.3, -0.25) is 9.59 Å². The molecule has 0 bridgehead atoms. The molecule has 0 aliphatic rings. The summed E-state index contributed by atoms with van der Waals surface area (Å²) in [7, 11) is 1.74. The number of nitrogens with zero attached hydrogens (tertiary/aromatic N) is 1. The Morgan fingerprint density at radius 3 is 2.50 bits per heavy atom. The number of benzene rings is 1. The molecule has 1 rings (SSSR count). The van der Waals surface area contributed by atoms with Crippen molar-refractivity contribution in [2.45, 2.75) is 26.3 Å². The van der Waals surface area contributed by atoms with E-state index in [1.165, 1.54) is 0 Å². The van der Waals surface area contributed by atoms with Gasteiger partial charge in [0.25, 0.3) is 0 Å². The third-order valence-corrected chi connectivity index (χ3v) is 2.60. The van der Waals surface area contributed by atoms with Gasteiger partial charge in [-0.2, -0.15) is 0 Å². The van der Waals surface area contributed by atoms with E-state index in [0.29, 0.717) is 13.0 Å². The molecule has 0 radical (unpaired) electrons. The Labute approximate surface area is 108 Å². The standard InChI is InChI=1S/C14H20N2O2/c1-3-7-13(17)15-10-14(18)16(2)11-12-8-5-4-6-9-12/h4-6,8-9H,3,7,10-11H2,1-2H3,(H,15,17). The average molecular weight is 248 g/mol. The van der Waals surface area contributed by atoms with E-state index in [-0.39, 0.29) is 18.4 Å². The summed E-state index contributed by atoms with van der Waals surface area (Å²) < 4.78 is 0. The Hall–Kier alpha value is -1.84. The summed E-state index contributed by atoms with van der Waals surface area (Å²) in [5.41, 5.74) is 1.08. The van der Waals surface area contributed by atoms with E-state index in [1.807, 2.05) is 37.3 Å². The van der Waals surface area contributed by atoms with Crippen LogP contribution in [-0.4, -0.2) is 30.3 Å². The quantitative estimate of drug-likeness (QED) is 0.830. The molecule has 98 valence electrons. The van der Waals surface area contributed by atoms with E-state index in [1.54, 1.807) is 11.9 Å². The van der Waals surface area contributed by atoms with Crippen LogP contribution in [0.5, 0.6) is 0 Å². The molecule has 0 unspecified atom stereocenters. The molecule has 2 amide bonds. The Kier molecular flexibility index (Phi) is 5.91. The number of hydrogen-bond donors (Lipinski definition) is 1. The number of rotatable bonds is 6. The Balaban J connectivity index is 2.35. The van der Waals surface area contributed by atoms with E-state index < -0.39 is 0 Å². The summed E-state index contributed by atoms with van der Waals surface area (Å²) in [5.74, 6) is -0.151. The highest BCUT2D eigenvalue weighted by Crippen LogP contribution is 2.02. The Morgan fingerprint density at radius 2 is 1.89 bits per heavy atom. The Bertz CT molecular complexity index is 390. The molecule has 1 N–H and O–H groups in total. The highest BCUT2D eigenvalue weighted by molar-refractivity contribution is 5.84. The molecule has 0 spiro atoms. The van der Waals surface area contributed by atoms with Crippen LogP contribution in [0.2, 0.25) is 0 Å². The van der Waals surface area contributed by atoms with Gasteiger partial charge < -0.3 is 10.2 Å². The monoisotopic (exact) mass is 248 g/mol. The van der Waals surface area contributed by atoms with Crippen LogP contribution in [0.25, 0.3) is 0 Å². The minimum Gasteiger partial charge on any atom is -0.347 e. The SMILES string of the molecule is CCCC(=O)NCC(=O)N(C)Cc1ccccc1. The fourth-order valence-corrected chi connectivity index (χ4v) is 1.57. The van der Waals surface area contributed by atoms with Gasteiger partial charge in [-0.05, 0) is 12.0 Å². The molecule has 0 saturated heterocycles. The van der Waals surface area contributed by atoms with Crippen LogP contribution in [0.4, 0.5) is 0 Å². The van der Waals surface area contributed by atoms with Gasteiger partial charge in [-0.1, -0.05) is 37.3 Å². The van der Waals surface area contributed by atoms with Gasteiger partial charge in [-0.15, -0.1) is 0 Å². The summed E-state index contributed by atoms with van der Waals surface area (Å²) in [5, 5.41) is 2.62. The molecule has 0 fully saturated rings. The molecule has 0 atom stereocenters. The normalized spacial score (nSPS) is 9.89. The predicted molar refractivity (Wildman–Crippen MR) is 70.8 cm³/mol. The molecular formula is C14H20N2O2. The Morgan fingerprint density at radius 1 is 1.22 bits per heavy atom. The van der Waals surface area contributed by atoms with Gasteiger partial charge in [0.1, 0.15) is 0 Å². The van der Waals surface area contributed by atoms with Crippen LogP contribution in [0.15, 0.2) is 30.3 Å². The molecule has 4 heteroatoms. The smallest absolute Gasteiger partial charge is 0.242 e. The van der Waals surface area contributed by atoms with Crippen molar-refractivity contribution in [1.82, 2.24) is 10.2 Å². The molecule has 0 heterocycles. The maximum absolute atomic E-state index is 11.8. The lowest BCUT2D eigenvalue weighted by Gasteiger charge is -2.17. The lowest BCUT2D eigenvalue weighted by Crippen LogP contribution is -2.37. The number of carbonyl (C=O) groups is 2. The summed E-state index contributed by atoms with van der Waals surface area (Å²) in [4.78, 5) is 24.6. The maximum Gasteiger partial charge on any atom is 0.242 e. The molecule has 1 aromatic carbocycles. The average Bonchev–Trinajstić information content (AvgIpc) is 2.37. The van der Waals surface area contributed by atoms with Gasteiger partial charge in [0.05, 0.1) is 6.54 Å². The number of amides is 2. The second kappa shape index (κ2) is 7.48. The topological polar surface area (TPSA) is 49.4 Å². The zero-order valence-electron chi connectivity index (χ0n) is 11.0. The van der Waals surface area contributed by atoms with Crippen LogP contribution in [-0.2, 0) is 16.1 Å². The third kappa shape index (κ3) is 4.99. The van der Waals surface area contributed by atoms with Gasteiger partial charge >= 0.3 is 0 Å². The van der Waals surface area contributed by atoms with Crippen molar-refractivity contribution in [3.63, 3.8) is 0 Å². The first-order valence-electron chi connectivity index (χ1n) is 6.18. The third-order valence-electron chi connectivity index (χ3n) is 2.60. The van der Waals surface area contributed by atoms with Gasteiger partial charge in [0, 0.05) is 20.0 Å².